The van der Waals surface area contributed by atoms with E-state index in [1.54, 1.807) is 6.08 Å². The minimum Gasteiger partial charge on any atom is -0.394 e. The molecule has 0 radical (unpaired) electrons. The summed E-state index contributed by atoms with van der Waals surface area (Å²) in [5.41, 5.74) is 0. The molecular weight excluding hydrogens is 951 g/mol. The number of hydrogen-bond donors (Lipinski definition) is 3. The van der Waals surface area contributed by atoms with Gasteiger partial charge in [-0.3, -0.25) is 4.79 Å². The lowest BCUT2D eigenvalue weighted by Crippen LogP contribution is -2.45. The van der Waals surface area contributed by atoms with Gasteiger partial charge >= 0.3 is 0 Å². The Bertz CT molecular complexity index is 1280. The smallest absolute Gasteiger partial charge is 0.220 e. The normalized spacial score (nSPS) is 13.0. The highest BCUT2D eigenvalue weighted by molar-refractivity contribution is 5.76. The SMILES string of the molecule is CCCCCCC/C=C\C/C=C\C/C=C\CCCCCCCCCCCCCCCCCCCCCCCCCCC(=O)NC(CO)C(O)/C=C/CC/C=C/CCCCCCCCCCCCCCCCCCCCCCC. The predicted octanol–water partition coefficient (Wildman–Crippen LogP) is 24.3. The Labute approximate surface area is 489 Å². The zero-order valence-corrected chi connectivity index (χ0v) is 53.0. The third-order valence-electron chi connectivity index (χ3n) is 16.5. The van der Waals surface area contributed by atoms with E-state index >= 15 is 0 Å². The summed E-state index contributed by atoms with van der Waals surface area (Å²) in [6, 6.07) is -0.641. The Morgan fingerprint density at radius 1 is 0.308 bits per heavy atom. The average Bonchev–Trinajstić information content (AvgIpc) is 3.44. The highest BCUT2D eigenvalue weighted by Gasteiger charge is 2.18. The Kier molecular flexibility index (Phi) is 67.7. The molecule has 0 rings (SSSR count). The predicted molar refractivity (Wildman–Crippen MR) is 350 cm³/mol. The van der Waals surface area contributed by atoms with Gasteiger partial charge in [0.1, 0.15) is 0 Å². The highest BCUT2D eigenvalue weighted by atomic mass is 16.3. The number of nitrogens with one attached hydrogen (secondary N) is 1. The van der Waals surface area contributed by atoms with E-state index in [2.05, 4.69) is 67.8 Å². The van der Waals surface area contributed by atoms with Gasteiger partial charge in [-0.25, -0.2) is 0 Å². The molecule has 0 spiro atoms. The summed E-state index contributed by atoms with van der Waals surface area (Å²) in [5, 5.41) is 23.3. The maximum Gasteiger partial charge on any atom is 0.220 e. The van der Waals surface area contributed by atoms with Crippen LogP contribution >= 0.6 is 0 Å². The zero-order chi connectivity index (χ0) is 56.2. The van der Waals surface area contributed by atoms with Crippen LogP contribution in [-0.2, 0) is 4.79 Å². The van der Waals surface area contributed by atoms with E-state index in [1.165, 1.54) is 321 Å². The molecule has 0 aliphatic carbocycles. The topological polar surface area (TPSA) is 69.6 Å². The van der Waals surface area contributed by atoms with Crippen molar-refractivity contribution in [2.24, 2.45) is 0 Å². The zero-order valence-electron chi connectivity index (χ0n) is 53.0. The van der Waals surface area contributed by atoms with Gasteiger partial charge in [0, 0.05) is 6.42 Å². The van der Waals surface area contributed by atoms with Gasteiger partial charge in [-0.1, -0.05) is 370 Å². The van der Waals surface area contributed by atoms with Crippen molar-refractivity contribution in [3.05, 3.63) is 60.8 Å². The average molecular weight is 1090 g/mol. The van der Waals surface area contributed by atoms with Crippen molar-refractivity contribution in [1.82, 2.24) is 5.32 Å². The van der Waals surface area contributed by atoms with Crippen LogP contribution in [0.15, 0.2) is 60.8 Å². The van der Waals surface area contributed by atoms with Crippen LogP contribution in [0.25, 0.3) is 0 Å². The number of hydrogen-bond acceptors (Lipinski definition) is 3. The largest absolute Gasteiger partial charge is 0.394 e. The van der Waals surface area contributed by atoms with Crippen molar-refractivity contribution in [2.45, 2.75) is 398 Å². The fourth-order valence-corrected chi connectivity index (χ4v) is 11.1. The van der Waals surface area contributed by atoms with Crippen LogP contribution in [0.5, 0.6) is 0 Å². The van der Waals surface area contributed by atoms with Crippen molar-refractivity contribution in [3.8, 4) is 0 Å². The Balaban J connectivity index is 3.44. The fourth-order valence-electron chi connectivity index (χ4n) is 11.1. The van der Waals surface area contributed by atoms with Crippen molar-refractivity contribution in [3.63, 3.8) is 0 Å². The van der Waals surface area contributed by atoms with Gasteiger partial charge in [0.05, 0.1) is 18.8 Å². The van der Waals surface area contributed by atoms with E-state index < -0.39 is 12.1 Å². The lowest BCUT2D eigenvalue weighted by molar-refractivity contribution is -0.123. The molecular formula is C74H139NO3. The van der Waals surface area contributed by atoms with Gasteiger partial charge in [0.15, 0.2) is 0 Å². The molecule has 3 N–H and O–H groups in total. The van der Waals surface area contributed by atoms with Crippen molar-refractivity contribution in [2.75, 3.05) is 6.61 Å². The molecule has 0 aliphatic rings. The second kappa shape index (κ2) is 69.4. The molecule has 0 saturated heterocycles. The number of allylic oxidation sites excluding steroid dienone is 9. The number of carbonyl (C=O) groups excluding carboxylic acids is 1. The number of aliphatic hydroxyl groups excluding tert-OH is 2. The molecule has 0 aliphatic heterocycles. The van der Waals surface area contributed by atoms with Gasteiger partial charge in [-0.05, 0) is 70.6 Å². The van der Waals surface area contributed by atoms with Crippen LogP contribution in [0, 0.1) is 0 Å². The minimum atomic E-state index is -0.864. The van der Waals surface area contributed by atoms with Gasteiger partial charge in [-0.2, -0.15) is 0 Å². The number of amides is 1. The molecule has 2 atom stereocenters. The number of rotatable bonds is 66. The first kappa shape index (κ1) is 76.1. The van der Waals surface area contributed by atoms with E-state index in [-0.39, 0.29) is 12.5 Å². The van der Waals surface area contributed by atoms with Crippen LogP contribution in [0.3, 0.4) is 0 Å². The van der Waals surface area contributed by atoms with Crippen LogP contribution in [0.2, 0.25) is 0 Å². The number of unbranched alkanes of at least 4 members (excludes halogenated alkanes) is 51. The molecule has 0 aromatic carbocycles. The summed E-state index contributed by atoms with van der Waals surface area (Å²) >= 11 is 0. The van der Waals surface area contributed by atoms with Crippen molar-refractivity contribution in [1.29, 1.82) is 0 Å². The van der Waals surface area contributed by atoms with Crippen LogP contribution in [0.4, 0.5) is 0 Å². The van der Waals surface area contributed by atoms with Crippen molar-refractivity contribution < 1.29 is 15.0 Å². The summed E-state index contributed by atoms with van der Waals surface area (Å²) in [6.45, 7) is 4.33. The summed E-state index contributed by atoms with van der Waals surface area (Å²) in [5.74, 6) is -0.0668. The molecule has 4 nitrogen and oxygen atoms in total. The Hall–Kier alpha value is -1.91. The van der Waals surface area contributed by atoms with E-state index in [9.17, 15) is 15.0 Å². The molecule has 0 aromatic heterocycles. The lowest BCUT2D eigenvalue weighted by atomic mass is 10.0. The molecule has 78 heavy (non-hydrogen) atoms. The van der Waals surface area contributed by atoms with E-state index in [1.807, 2.05) is 6.08 Å². The molecule has 1 amide bonds. The summed E-state index contributed by atoms with van der Waals surface area (Å²) < 4.78 is 0. The first-order chi connectivity index (χ1) is 38.7. The van der Waals surface area contributed by atoms with Gasteiger partial charge in [0.2, 0.25) is 5.91 Å². The van der Waals surface area contributed by atoms with Gasteiger partial charge in [-0.15, -0.1) is 0 Å². The summed E-state index contributed by atoms with van der Waals surface area (Å²) in [4.78, 5) is 12.5. The van der Waals surface area contributed by atoms with E-state index in [4.69, 9.17) is 0 Å². The van der Waals surface area contributed by atoms with Gasteiger partial charge in [0.25, 0.3) is 0 Å². The third kappa shape index (κ3) is 64.9. The maximum absolute atomic E-state index is 12.5. The molecule has 0 heterocycles. The first-order valence-electron chi connectivity index (χ1n) is 35.5. The van der Waals surface area contributed by atoms with Crippen molar-refractivity contribution >= 4 is 5.91 Å². The first-order valence-corrected chi connectivity index (χ1v) is 35.5. The number of aliphatic hydroxyl groups is 2. The Morgan fingerprint density at radius 3 is 0.833 bits per heavy atom. The summed E-state index contributed by atoms with van der Waals surface area (Å²) in [7, 11) is 0. The standard InChI is InChI=1S/C74H139NO3/c1-3-5-7-9-11-13-15-17-19-21-23-25-27-29-31-32-33-34-35-36-37-38-39-40-41-42-44-46-48-50-52-54-56-58-60-62-64-66-68-70-74(78)75-72(71-76)73(77)69-67-65-63-61-59-57-55-53-51-49-47-45-43-30-28-26-24-22-20-18-16-14-12-10-8-6-4-2/h15,17,21,23,27,29,59,61,67,69,72-73,76-77H,3-14,16,18-20,22,24-26,28,30-58,60,62-66,68,70-71H2,1-2H3,(H,75,78)/b17-15-,23-21-,29-27-,61-59+,69-67+. The molecule has 0 aromatic rings. The molecule has 4 heteroatoms. The second-order valence-corrected chi connectivity index (χ2v) is 24.3. The van der Waals surface area contributed by atoms with Crippen LogP contribution < -0.4 is 5.32 Å². The maximum atomic E-state index is 12.5. The summed E-state index contributed by atoms with van der Waals surface area (Å²) in [6.07, 6.45) is 98.9. The third-order valence-corrected chi connectivity index (χ3v) is 16.5. The molecule has 0 saturated carbocycles. The fraction of sp³-hybridized carbons (Fsp3) is 0.851. The quantitative estimate of drug-likeness (QED) is 0.0420. The van der Waals surface area contributed by atoms with Gasteiger partial charge < -0.3 is 15.5 Å². The van der Waals surface area contributed by atoms with Crippen LogP contribution in [-0.4, -0.2) is 34.9 Å². The molecule has 458 valence electrons. The van der Waals surface area contributed by atoms with Crippen LogP contribution in [0.1, 0.15) is 386 Å². The highest BCUT2D eigenvalue weighted by Crippen LogP contribution is 2.19. The molecule has 2 unspecified atom stereocenters. The molecule has 0 bridgehead atoms. The molecule has 0 fully saturated rings. The van der Waals surface area contributed by atoms with E-state index in [0.717, 1.165) is 44.9 Å². The number of carbonyl (C=O) groups is 1. The second-order valence-electron chi connectivity index (χ2n) is 24.3. The lowest BCUT2D eigenvalue weighted by Gasteiger charge is -2.19. The monoisotopic (exact) mass is 1090 g/mol. The van der Waals surface area contributed by atoms with E-state index in [0.29, 0.717) is 6.42 Å². The Morgan fingerprint density at radius 2 is 0.538 bits per heavy atom. The minimum absolute atomic E-state index is 0.0668.